The summed E-state index contributed by atoms with van der Waals surface area (Å²) in [6.07, 6.45) is -4.56. The summed E-state index contributed by atoms with van der Waals surface area (Å²) in [5.41, 5.74) is -1.51. The second-order valence-electron chi connectivity index (χ2n) is 4.14. The second-order valence-corrected chi connectivity index (χ2v) is 5.25. The third-order valence-electron chi connectivity index (χ3n) is 2.18. The van der Waals surface area contributed by atoms with Crippen LogP contribution in [0.4, 0.5) is 13.2 Å². The lowest BCUT2D eigenvalue weighted by Gasteiger charge is -2.26. The zero-order valence-electron chi connectivity index (χ0n) is 9.67. The number of hydrogen-bond acceptors (Lipinski definition) is 2. The quantitative estimate of drug-likeness (QED) is 0.838. The molecule has 0 fully saturated rings. The maximum absolute atomic E-state index is 12.5. The molecule has 1 atom stereocenters. The van der Waals surface area contributed by atoms with Crippen LogP contribution in [0, 0.1) is 6.92 Å². The van der Waals surface area contributed by atoms with Crippen molar-refractivity contribution in [3.05, 3.63) is 29.8 Å². The molecule has 0 aromatic heterocycles. The maximum Gasteiger partial charge on any atom is 0.418 e. The molecule has 0 aliphatic rings. The van der Waals surface area contributed by atoms with Gasteiger partial charge in [-0.2, -0.15) is 13.2 Å². The largest absolute Gasteiger partial charge is 0.418 e. The molecule has 1 unspecified atom stereocenters. The average molecular weight is 266 g/mol. The topological polar surface area (TPSA) is 26.3 Å². The van der Waals surface area contributed by atoms with E-state index in [1.807, 2.05) is 6.92 Å². The van der Waals surface area contributed by atoms with Crippen molar-refractivity contribution < 1.29 is 21.6 Å². The molecule has 17 heavy (non-hydrogen) atoms. The normalized spacial score (nSPS) is 14.7. The summed E-state index contributed by atoms with van der Waals surface area (Å²) >= 11 is -2.13. The Morgan fingerprint density at radius 1 is 1.12 bits per heavy atom. The first-order valence-corrected chi connectivity index (χ1v) is 5.95. The molecule has 0 amide bonds. The third-order valence-corrected chi connectivity index (χ3v) is 3.41. The Morgan fingerprint density at radius 2 is 1.59 bits per heavy atom. The number of halogens is 3. The van der Waals surface area contributed by atoms with Crippen LogP contribution in [0.15, 0.2) is 29.2 Å². The number of aryl methyl sites for hydroxylation is 1. The Labute approximate surface area is 100 Å². The van der Waals surface area contributed by atoms with Crippen molar-refractivity contribution in [1.29, 1.82) is 0 Å². The van der Waals surface area contributed by atoms with Crippen LogP contribution in [-0.4, -0.2) is 16.0 Å². The zero-order chi connectivity index (χ0) is 13.3. The highest BCUT2D eigenvalue weighted by atomic mass is 32.2. The fourth-order valence-electron chi connectivity index (χ4n) is 0.934. The Bertz CT molecular complexity index is 410. The molecule has 0 saturated heterocycles. The molecule has 1 aromatic carbocycles. The minimum atomic E-state index is -4.56. The standard InChI is InChI=1S/C11H13F3O2S/c1-8-4-6-9(7-5-8)17(15)16-10(2,3)11(12,13)14/h4-7H,1-3H3. The van der Waals surface area contributed by atoms with E-state index in [-0.39, 0.29) is 4.90 Å². The average Bonchev–Trinajstić information content (AvgIpc) is 2.16. The fourth-order valence-corrected chi connectivity index (χ4v) is 1.86. The van der Waals surface area contributed by atoms with E-state index in [2.05, 4.69) is 4.18 Å². The van der Waals surface area contributed by atoms with Crippen LogP contribution in [0.2, 0.25) is 0 Å². The molecule has 0 bridgehead atoms. The molecule has 0 heterocycles. The molecule has 0 saturated carbocycles. The molecule has 0 aliphatic heterocycles. The van der Waals surface area contributed by atoms with E-state index < -0.39 is 22.9 Å². The van der Waals surface area contributed by atoms with Crippen LogP contribution in [0.3, 0.4) is 0 Å². The van der Waals surface area contributed by atoms with Gasteiger partial charge in [0.1, 0.15) is 0 Å². The lowest BCUT2D eigenvalue weighted by atomic mass is 10.1. The van der Waals surface area contributed by atoms with Crippen molar-refractivity contribution in [3.63, 3.8) is 0 Å². The highest BCUT2D eigenvalue weighted by Gasteiger charge is 2.50. The molecular weight excluding hydrogens is 253 g/mol. The van der Waals surface area contributed by atoms with Gasteiger partial charge in [-0.3, -0.25) is 4.18 Å². The van der Waals surface area contributed by atoms with E-state index in [0.717, 1.165) is 19.4 Å². The van der Waals surface area contributed by atoms with Gasteiger partial charge in [-0.05, 0) is 32.9 Å². The first-order chi connectivity index (χ1) is 7.63. The van der Waals surface area contributed by atoms with Gasteiger partial charge < -0.3 is 0 Å². The molecule has 1 rings (SSSR count). The lowest BCUT2D eigenvalue weighted by Crippen LogP contribution is -2.42. The second kappa shape index (κ2) is 4.78. The first kappa shape index (κ1) is 14.2. The molecule has 0 aliphatic carbocycles. The van der Waals surface area contributed by atoms with Crippen LogP contribution in [0.1, 0.15) is 19.4 Å². The number of benzene rings is 1. The van der Waals surface area contributed by atoms with Gasteiger partial charge in [-0.1, -0.05) is 17.7 Å². The Morgan fingerprint density at radius 3 is 2.00 bits per heavy atom. The van der Waals surface area contributed by atoms with Crippen molar-refractivity contribution >= 4 is 11.1 Å². The van der Waals surface area contributed by atoms with Gasteiger partial charge in [-0.25, -0.2) is 4.21 Å². The minimum absolute atomic E-state index is 0.216. The summed E-state index contributed by atoms with van der Waals surface area (Å²) in [5, 5.41) is 0. The van der Waals surface area contributed by atoms with Gasteiger partial charge in [-0.15, -0.1) is 0 Å². The van der Waals surface area contributed by atoms with E-state index in [1.54, 1.807) is 12.1 Å². The lowest BCUT2D eigenvalue weighted by molar-refractivity contribution is -0.232. The predicted molar refractivity (Wildman–Crippen MR) is 58.8 cm³/mol. The van der Waals surface area contributed by atoms with Crippen molar-refractivity contribution in [2.75, 3.05) is 0 Å². The number of alkyl halides is 3. The summed E-state index contributed by atoms with van der Waals surface area (Å²) in [7, 11) is 0. The predicted octanol–water partition coefficient (Wildman–Crippen LogP) is 3.38. The molecule has 96 valence electrons. The molecule has 0 spiro atoms. The molecule has 1 aromatic rings. The van der Waals surface area contributed by atoms with Crippen LogP contribution in [0.25, 0.3) is 0 Å². The van der Waals surface area contributed by atoms with Crippen LogP contribution in [0.5, 0.6) is 0 Å². The number of rotatable bonds is 3. The Balaban J connectivity index is 2.83. The highest BCUT2D eigenvalue weighted by molar-refractivity contribution is 7.80. The summed E-state index contributed by atoms with van der Waals surface area (Å²) in [4.78, 5) is 0.216. The van der Waals surface area contributed by atoms with Gasteiger partial charge in [0, 0.05) is 0 Å². The van der Waals surface area contributed by atoms with Crippen molar-refractivity contribution in [1.82, 2.24) is 0 Å². The van der Waals surface area contributed by atoms with Gasteiger partial charge in [0.2, 0.25) is 0 Å². The summed E-state index contributed by atoms with van der Waals surface area (Å²) in [6.45, 7) is 3.52. The van der Waals surface area contributed by atoms with Crippen molar-refractivity contribution in [2.45, 2.75) is 37.4 Å². The smallest absolute Gasteiger partial charge is 0.271 e. The van der Waals surface area contributed by atoms with Crippen molar-refractivity contribution in [2.24, 2.45) is 0 Å². The SMILES string of the molecule is Cc1ccc(S(=O)OC(C)(C)C(F)(F)F)cc1. The number of hydrogen-bond donors (Lipinski definition) is 0. The summed E-state index contributed by atoms with van der Waals surface area (Å²) in [5.74, 6) is 0. The monoisotopic (exact) mass is 266 g/mol. The van der Waals surface area contributed by atoms with Gasteiger partial charge in [0.25, 0.3) is 0 Å². The zero-order valence-corrected chi connectivity index (χ0v) is 10.5. The Hall–Kier alpha value is -0.880. The maximum atomic E-state index is 12.5. The van der Waals surface area contributed by atoms with Gasteiger partial charge >= 0.3 is 6.18 Å². The molecule has 0 N–H and O–H groups in total. The van der Waals surface area contributed by atoms with E-state index >= 15 is 0 Å². The van der Waals surface area contributed by atoms with Gasteiger partial charge in [0.05, 0.1) is 4.90 Å². The Kier molecular flexibility index (Phi) is 3.99. The molecule has 0 radical (unpaired) electrons. The molecule has 2 nitrogen and oxygen atoms in total. The van der Waals surface area contributed by atoms with Crippen LogP contribution in [-0.2, 0) is 15.3 Å². The molecular formula is C11H13F3O2S. The summed E-state index contributed by atoms with van der Waals surface area (Å²) < 4.78 is 53.7. The fraction of sp³-hybridized carbons (Fsp3) is 0.455. The van der Waals surface area contributed by atoms with E-state index in [4.69, 9.17) is 0 Å². The first-order valence-electron chi connectivity index (χ1n) is 4.88. The van der Waals surface area contributed by atoms with E-state index in [9.17, 15) is 17.4 Å². The van der Waals surface area contributed by atoms with Crippen LogP contribution >= 0.6 is 0 Å². The van der Waals surface area contributed by atoms with E-state index in [0.29, 0.717) is 0 Å². The molecule has 6 heteroatoms. The minimum Gasteiger partial charge on any atom is -0.271 e. The van der Waals surface area contributed by atoms with Crippen molar-refractivity contribution in [3.8, 4) is 0 Å². The summed E-state index contributed by atoms with van der Waals surface area (Å²) in [6, 6.07) is 6.30. The third kappa shape index (κ3) is 3.54. The highest BCUT2D eigenvalue weighted by Crippen LogP contribution is 2.34. The van der Waals surface area contributed by atoms with Gasteiger partial charge in [0.15, 0.2) is 16.7 Å². The van der Waals surface area contributed by atoms with Crippen LogP contribution < -0.4 is 0 Å². The van der Waals surface area contributed by atoms with E-state index in [1.165, 1.54) is 12.1 Å².